The molecule has 158 valence electrons. The van der Waals surface area contributed by atoms with E-state index in [1.807, 2.05) is 0 Å². The van der Waals surface area contributed by atoms with Gasteiger partial charge in [0.2, 0.25) is 0 Å². The Bertz CT molecular complexity index is 1240. The fourth-order valence-corrected chi connectivity index (χ4v) is 5.62. The molecule has 0 aliphatic carbocycles. The summed E-state index contributed by atoms with van der Waals surface area (Å²) in [6.07, 6.45) is 1.37. The monoisotopic (exact) mass is 436 g/mol. The maximum Gasteiger partial charge on any atom is 0.387 e. The third-order valence-electron chi connectivity index (χ3n) is 4.78. The Labute approximate surface area is 170 Å². The van der Waals surface area contributed by atoms with E-state index in [2.05, 4.69) is 20.1 Å². The van der Waals surface area contributed by atoms with Crippen molar-refractivity contribution in [3.63, 3.8) is 0 Å². The van der Waals surface area contributed by atoms with Crippen LogP contribution in [0.1, 0.15) is 17.3 Å². The molecule has 0 bridgehead atoms. The second-order valence-electron chi connectivity index (χ2n) is 7.52. The highest BCUT2D eigenvalue weighted by Gasteiger charge is 2.45. The molecule has 1 fully saturated rings. The number of aromatic nitrogens is 3. The van der Waals surface area contributed by atoms with Crippen LogP contribution >= 0.6 is 0 Å². The van der Waals surface area contributed by atoms with Crippen molar-refractivity contribution in [2.75, 3.05) is 11.5 Å². The first-order valence-electron chi connectivity index (χ1n) is 8.96. The first-order chi connectivity index (χ1) is 14.1. The van der Waals surface area contributed by atoms with Gasteiger partial charge >= 0.3 is 6.61 Å². The number of halogens is 2. The van der Waals surface area contributed by atoms with Crippen LogP contribution in [0, 0.1) is 0 Å². The molecule has 3 heterocycles. The van der Waals surface area contributed by atoms with Gasteiger partial charge in [-0.05, 0) is 25.1 Å². The fraction of sp³-hybridized carbons (Fsp3) is 0.316. The van der Waals surface area contributed by atoms with Crippen molar-refractivity contribution in [3.8, 4) is 17.0 Å². The molecule has 0 unspecified atom stereocenters. The molecule has 1 saturated heterocycles. The van der Waals surface area contributed by atoms with Crippen LogP contribution in [0.25, 0.3) is 22.3 Å². The third-order valence-corrected chi connectivity index (χ3v) is 6.93. The fourth-order valence-electron chi connectivity index (χ4n) is 3.62. The summed E-state index contributed by atoms with van der Waals surface area (Å²) in [5.41, 5.74) is 1.50. The van der Waals surface area contributed by atoms with Gasteiger partial charge in [-0.1, -0.05) is 12.1 Å². The van der Waals surface area contributed by atoms with Crippen LogP contribution in [-0.4, -0.2) is 52.7 Å². The molecule has 1 aromatic carbocycles. The number of rotatable bonds is 5. The van der Waals surface area contributed by atoms with Crippen molar-refractivity contribution in [2.45, 2.75) is 19.1 Å². The second-order valence-corrected chi connectivity index (χ2v) is 9.58. The number of fused-ring (bicyclic) bond motifs is 1. The number of aryl methyl sites for hydroxylation is 1. The van der Waals surface area contributed by atoms with Crippen LogP contribution in [0.15, 0.2) is 36.5 Å². The van der Waals surface area contributed by atoms with E-state index in [1.54, 1.807) is 32.2 Å². The molecule has 8 nitrogen and oxygen atoms in total. The minimum absolute atomic E-state index is 0.000922. The summed E-state index contributed by atoms with van der Waals surface area (Å²) in [5, 5.41) is 7.14. The van der Waals surface area contributed by atoms with Crippen molar-refractivity contribution in [3.05, 3.63) is 42.1 Å². The predicted octanol–water partition coefficient (Wildman–Crippen LogP) is 2.15. The summed E-state index contributed by atoms with van der Waals surface area (Å²) in [6.45, 7) is -1.26. The van der Waals surface area contributed by atoms with Gasteiger partial charge in [0, 0.05) is 18.8 Å². The Morgan fingerprint density at radius 3 is 2.70 bits per heavy atom. The average molecular weight is 436 g/mol. The van der Waals surface area contributed by atoms with Crippen molar-refractivity contribution < 1.29 is 26.7 Å². The van der Waals surface area contributed by atoms with E-state index in [9.17, 15) is 22.0 Å². The Kier molecular flexibility index (Phi) is 4.72. The van der Waals surface area contributed by atoms with Crippen LogP contribution in [-0.2, 0) is 16.9 Å². The number of carbonyl (C=O) groups is 1. The van der Waals surface area contributed by atoms with Crippen LogP contribution in [0.3, 0.4) is 0 Å². The Morgan fingerprint density at radius 1 is 1.30 bits per heavy atom. The summed E-state index contributed by atoms with van der Waals surface area (Å²) in [4.78, 5) is 16.9. The van der Waals surface area contributed by atoms with Gasteiger partial charge in [-0.2, -0.15) is 13.9 Å². The minimum atomic E-state index is -3.10. The van der Waals surface area contributed by atoms with Crippen LogP contribution < -0.4 is 10.1 Å². The standard InChI is InChI=1S/C19H18F2N4O4S/c1-19(9-30(27,28)10-19)23-17(26)12-7-14-16(22-8-12)15(24-25(14)2)11-4-3-5-13(6-11)29-18(20)21/h3-8,18H,9-10H2,1-2H3,(H,23,26). The number of alkyl halides is 2. The van der Waals surface area contributed by atoms with Crippen LogP contribution in [0.2, 0.25) is 0 Å². The van der Waals surface area contributed by atoms with E-state index in [0.717, 1.165) is 0 Å². The smallest absolute Gasteiger partial charge is 0.387 e. The van der Waals surface area contributed by atoms with E-state index in [0.29, 0.717) is 22.3 Å². The highest BCUT2D eigenvalue weighted by atomic mass is 32.2. The Balaban J connectivity index is 1.64. The van der Waals surface area contributed by atoms with Gasteiger partial charge < -0.3 is 10.1 Å². The molecular weight excluding hydrogens is 418 g/mol. The first-order valence-corrected chi connectivity index (χ1v) is 10.8. The van der Waals surface area contributed by atoms with Gasteiger partial charge in [-0.3, -0.25) is 14.5 Å². The zero-order valence-electron chi connectivity index (χ0n) is 16.1. The van der Waals surface area contributed by atoms with Crippen molar-refractivity contribution in [1.29, 1.82) is 0 Å². The van der Waals surface area contributed by atoms with E-state index >= 15 is 0 Å². The molecular formula is C19H18F2N4O4S. The number of nitrogens with zero attached hydrogens (tertiary/aromatic N) is 3. The number of benzene rings is 1. The van der Waals surface area contributed by atoms with Crippen molar-refractivity contribution >= 4 is 26.8 Å². The zero-order chi connectivity index (χ0) is 21.7. The lowest BCUT2D eigenvalue weighted by Gasteiger charge is -2.38. The lowest BCUT2D eigenvalue weighted by molar-refractivity contribution is -0.0498. The summed E-state index contributed by atoms with van der Waals surface area (Å²) >= 11 is 0. The number of hydrogen-bond donors (Lipinski definition) is 1. The molecule has 4 rings (SSSR count). The predicted molar refractivity (Wildman–Crippen MR) is 105 cm³/mol. The SMILES string of the molecule is Cn1nc(-c2cccc(OC(F)F)c2)c2ncc(C(=O)NC3(C)CS(=O)(=O)C3)cc21. The molecule has 0 radical (unpaired) electrons. The molecule has 11 heteroatoms. The summed E-state index contributed by atoms with van der Waals surface area (Å²) in [5.74, 6) is -0.638. The number of sulfone groups is 1. The Morgan fingerprint density at radius 2 is 2.03 bits per heavy atom. The van der Waals surface area contributed by atoms with Gasteiger partial charge in [-0.25, -0.2) is 8.42 Å². The van der Waals surface area contributed by atoms with E-state index in [4.69, 9.17) is 0 Å². The topological polar surface area (TPSA) is 103 Å². The third kappa shape index (κ3) is 3.84. The van der Waals surface area contributed by atoms with E-state index in [-0.39, 0.29) is 22.8 Å². The van der Waals surface area contributed by atoms with Crippen LogP contribution in [0.4, 0.5) is 8.78 Å². The van der Waals surface area contributed by atoms with Gasteiger partial charge in [0.25, 0.3) is 5.91 Å². The quantitative estimate of drug-likeness (QED) is 0.658. The number of hydrogen-bond acceptors (Lipinski definition) is 6. The van der Waals surface area contributed by atoms with Gasteiger partial charge in [0.1, 0.15) is 17.0 Å². The number of ether oxygens (including phenoxy) is 1. The molecule has 3 aromatic rings. The molecule has 1 aliphatic rings. The maximum atomic E-state index is 12.6. The second kappa shape index (κ2) is 7.01. The maximum absolute atomic E-state index is 12.6. The van der Waals surface area contributed by atoms with Crippen molar-refractivity contribution in [2.24, 2.45) is 7.05 Å². The van der Waals surface area contributed by atoms with Crippen molar-refractivity contribution in [1.82, 2.24) is 20.1 Å². The van der Waals surface area contributed by atoms with E-state index in [1.165, 1.54) is 23.0 Å². The Hall–Kier alpha value is -3.08. The minimum Gasteiger partial charge on any atom is -0.435 e. The van der Waals surface area contributed by atoms with Gasteiger partial charge in [0.15, 0.2) is 9.84 Å². The molecule has 30 heavy (non-hydrogen) atoms. The number of nitrogens with one attached hydrogen (secondary N) is 1. The van der Waals surface area contributed by atoms with Crippen LogP contribution in [0.5, 0.6) is 5.75 Å². The first kappa shape index (κ1) is 20.2. The lowest BCUT2D eigenvalue weighted by Crippen LogP contribution is -2.63. The summed E-state index contributed by atoms with van der Waals surface area (Å²) in [7, 11) is -1.42. The molecule has 1 N–H and O–H groups in total. The number of amides is 1. The highest BCUT2D eigenvalue weighted by Crippen LogP contribution is 2.30. The normalized spacial score (nSPS) is 17.0. The molecule has 0 saturated carbocycles. The molecule has 2 aromatic heterocycles. The van der Waals surface area contributed by atoms with Gasteiger partial charge in [0.05, 0.1) is 28.1 Å². The molecule has 1 aliphatic heterocycles. The zero-order valence-corrected chi connectivity index (χ0v) is 16.9. The molecule has 1 amide bonds. The summed E-state index contributed by atoms with van der Waals surface area (Å²) in [6, 6.07) is 7.72. The molecule has 0 atom stereocenters. The highest BCUT2D eigenvalue weighted by molar-refractivity contribution is 7.93. The number of carbonyl (C=O) groups excluding carboxylic acids is 1. The largest absolute Gasteiger partial charge is 0.435 e. The average Bonchev–Trinajstić information content (AvgIpc) is 2.95. The summed E-state index contributed by atoms with van der Waals surface area (Å²) < 4.78 is 53.8. The number of pyridine rings is 1. The van der Waals surface area contributed by atoms with E-state index < -0.39 is 27.9 Å². The van der Waals surface area contributed by atoms with Gasteiger partial charge in [-0.15, -0.1) is 0 Å². The lowest BCUT2D eigenvalue weighted by atomic mass is 10.1. The molecule has 0 spiro atoms.